The number of carbonyl (C=O) groups excluding carboxylic acids is 2. The number of nitrogens with one attached hydrogen (secondary N) is 1. The lowest BCUT2D eigenvalue weighted by molar-refractivity contribution is -0.139. The summed E-state index contributed by atoms with van der Waals surface area (Å²) in [6.07, 6.45) is 1.03. The number of rotatable bonds is 8. The molecule has 0 spiro atoms. The monoisotopic (exact) mass is 563 g/mol. The molecule has 0 unspecified atom stereocenters. The van der Waals surface area contributed by atoms with Crippen LogP contribution in [-0.4, -0.2) is 51.0 Å². The van der Waals surface area contributed by atoms with Crippen molar-refractivity contribution in [1.29, 1.82) is 0 Å². The van der Waals surface area contributed by atoms with Crippen LogP contribution in [0.3, 0.4) is 0 Å². The van der Waals surface area contributed by atoms with Crippen molar-refractivity contribution < 1.29 is 18.0 Å². The van der Waals surface area contributed by atoms with E-state index in [0.29, 0.717) is 21.3 Å². The second-order valence-electron chi connectivity index (χ2n) is 7.25. The molecule has 0 aliphatic heterocycles. The van der Waals surface area contributed by atoms with Crippen molar-refractivity contribution in [2.45, 2.75) is 26.4 Å². The maximum Gasteiger partial charge on any atom is 0.244 e. The summed E-state index contributed by atoms with van der Waals surface area (Å²) in [6, 6.07) is 8.95. The fourth-order valence-electron chi connectivity index (χ4n) is 3.02. The van der Waals surface area contributed by atoms with Gasteiger partial charge in [-0.3, -0.25) is 13.9 Å². The second kappa shape index (κ2) is 10.9. The average molecular weight is 565 g/mol. The van der Waals surface area contributed by atoms with Gasteiger partial charge in [0.25, 0.3) is 0 Å². The van der Waals surface area contributed by atoms with Gasteiger partial charge in [0.2, 0.25) is 21.8 Å². The van der Waals surface area contributed by atoms with Crippen molar-refractivity contribution in [2.24, 2.45) is 0 Å². The number of benzene rings is 2. The Labute approximate surface area is 206 Å². The first-order valence-electron chi connectivity index (χ1n) is 9.54. The van der Waals surface area contributed by atoms with Crippen LogP contribution in [0, 0.1) is 6.92 Å². The van der Waals surface area contributed by atoms with Crippen LogP contribution in [0.15, 0.2) is 40.9 Å². The highest BCUT2D eigenvalue weighted by Crippen LogP contribution is 2.26. The number of nitrogens with zero attached hydrogens (tertiary/aromatic N) is 2. The lowest BCUT2D eigenvalue weighted by Gasteiger charge is -2.31. The quantitative estimate of drug-likeness (QED) is 0.525. The van der Waals surface area contributed by atoms with Crippen molar-refractivity contribution in [3.63, 3.8) is 0 Å². The Morgan fingerprint density at radius 1 is 1.16 bits per heavy atom. The standard InChI is InChI=1S/C21H24BrCl2N3O4S/c1-13-9-17(7-8-18(13)22)27(32(4,30)31)12-20(28)26(14(2)21(29)25-3)11-15-5-6-16(23)10-19(15)24/h5-10,14H,11-12H2,1-4H3,(H,25,29)/t14-/m0/s1. The Bertz CT molecular complexity index is 1130. The van der Waals surface area contributed by atoms with Crippen LogP contribution in [0.2, 0.25) is 10.0 Å². The molecular weight excluding hydrogens is 541 g/mol. The zero-order chi connectivity index (χ0) is 24.2. The third-order valence-electron chi connectivity index (χ3n) is 4.88. The molecule has 0 heterocycles. The smallest absolute Gasteiger partial charge is 0.244 e. The molecule has 0 aliphatic carbocycles. The van der Waals surface area contributed by atoms with Crippen molar-refractivity contribution in [2.75, 3.05) is 24.2 Å². The van der Waals surface area contributed by atoms with Gasteiger partial charge in [0.1, 0.15) is 12.6 Å². The molecule has 0 fully saturated rings. The molecule has 0 saturated heterocycles. The number of sulfonamides is 1. The van der Waals surface area contributed by atoms with Gasteiger partial charge in [-0.1, -0.05) is 45.2 Å². The van der Waals surface area contributed by atoms with Gasteiger partial charge < -0.3 is 10.2 Å². The van der Waals surface area contributed by atoms with Crippen LogP contribution in [-0.2, 0) is 26.2 Å². The lowest BCUT2D eigenvalue weighted by atomic mass is 10.1. The molecular formula is C21H24BrCl2N3O4S. The van der Waals surface area contributed by atoms with Crippen molar-refractivity contribution in [1.82, 2.24) is 10.2 Å². The third kappa shape index (κ3) is 6.60. The summed E-state index contributed by atoms with van der Waals surface area (Å²) in [5.41, 5.74) is 1.73. The number of halogens is 3. The topological polar surface area (TPSA) is 86.8 Å². The van der Waals surface area contributed by atoms with Crippen molar-refractivity contribution >= 4 is 66.7 Å². The molecule has 174 valence electrons. The normalized spacial score (nSPS) is 12.2. The van der Waals surface area contributed by atoms with E-state index in [-0.39, 0.29) is 6.54 Å². The number of hydrogen-bond acceptors (Lipinski definition) is 4. The number of carbonyl (C=O) groups is 2. The highest BCUT2D eigenvalue weighted by molar-refractivity contribution is 9.10. The fraction of sp³-hybridized carbons (Fsp3) is 0.333. The van der Waals surface area contributed by atoms with E-state index in [1.807, 2.05) is 6.92 Å². The minimum Gasteiger partial charge on any atom is -0.357 e. The largest absolute Gasteiger partial charge is 0.357 e. The highest BCUT2D eigenvalue weighted by atomic mass is 79.9. The summed E-state index contributed by atoms with van der Waals surface area (Å²) in [6.45, 7) is 2.90. The van der Waals surface area contributed by atoms with Crippen molar-refractivity contribution in [3.05, 3.63) is 62.0 Å². The maximum atomic E-state index is 13.3. The molecule has 0 aliphatic rings. The first-order valence-corrected chi connectivity index (χ1v) is 12.9. The van der Waals surface area contributed by atoms with Gasteiger partial charge in [-0.15, -0.1) is 0 Å². The third-order valence-corrected chi connectivity index (χ3v) is 7.50. The molecule has 0 bridgehead atoms. The van der Waals surface area contributed by atoms with E-state index in [2.05, 4.69) is 21.2 Å². The lowest BCUT2D eigenvalue weighted by Crippen LogP contribution is -2.50. The van der Waals surface area contributed by atoms with Gasteiger partial charge in [-0.25, -0.2) is 8.42 Å². The maximum absolute atomic E-state index is 13.3. The molecule has 0 radical (unpaired) electrons. The van der Waals surface area contributed by atoms with Crippen LogP contribution in [0.1, 0.15) is 18.1 Å². The van der Waals surface area contributed by atoms with Crippen molar-refractivity contribution in [3.8, 4) is 0 Å². The Morgan fingerprint density at radius 2 is 1.81 bits per heavy atom. The van der Waals surface area contributed by atoms with E-state index in [1.54, 1.807) is 43.3 Å². The molecule has 2 aromatic rings. The number of aryl methyl sites for hydroxylation is 1. The molecule has 7 nitrogen and oxygen atoms in total. The Kier molecular flexibility index (Phi) is 8.98. The van der Waals surface area contributed by atoms with Crippen LogP contribution in [0.4, 0.5) is 5.69 Å². The molecule has 11 heteroatoms. The van der Waals surface area contributed by atoms with E-state index in [0.717, 1.165) is 20.6 Å². The molecule has 2 amide bonds. The highest BCUT2D eigenvalue weighted by Gasteiger charge is 2.30. The fourth-order valence-corrected chi connectivity index (χ4v) is 4.58. The summed E-state index contributed by atoms with van der Waals surface area (Å²) in [4.78, 5) is 26.9. The SMILES string of the molecule is CNC(=O)[C@H](C)N(Cc1ccc(Cl)cc1Cl)C(=O)CN(c1ccc(Br)c(C)c1)S(C)(=O)=O. The number of hydrogen-bond donors (Lipinski definition) is 1. The van der Waals surface area contributed by atoms with E-state index in [4.69, 9.17) is 23.2 Å². The van der Waals surface area contributed by atoms with Gasteiger partial charge in [0.15, 0.2) is 0 Å². The number of amides is 2. The summed E-state index contributed by atoms with van der Waals surface area (Å²) in [7, 11) is -2.33. The number of anilines is 1. The summed E-state index contributed by atoms with van der Waals surface area (Å²) < 4.78 is 26.9. The molecule has 2 aromatic carbocycles. The summed E-state index contributed by atoms with van der Waals surface area (Å²) in [5, 5.41) is 3.29. The Hall–Kier alpha value is -1.81. The van der Waals surface area contributed by atoms with Gasteiger partial charge in [0, 0.05) is 28.1 Å². The summed E-state index contributed by atoms with van der Waals surface area (Å²) in [5.74, 6) is -0.952. The molecule has 32 heavy (non-hydrogen) atoms. The van der Waals surface area contributed by atoms with Gasteiger partial charge in [-0.05, 0) is 55.3 Å². The van der Waals surface area contributed by atoms with E-state index in [9.17, 15) is 18.0 Å². The molecule has 1 N–H and O–H groups in total. The van der Waals surface area contributed by atoms with Crippen LogP contribution in [0.5, 0.6) is 0 Å². The van der Waals surface area contributed by atoms with E-state index in [1.165, 1.54) is 11.9 Å². The minimum atomic E-state index is -3.79. The average Bonchev–Trinajstić information content (AvgIpc) is 2.71. The van der Waals surface area contributed by atoms with E-state index < -0.39 is 34.4 Å². The Morgan fingerprint density at radius 3 is 2.34 bits per heavy atom. The van der Waals surface area contributed by atoms with Gasteiger partial charge in [0.05, 0.1) is 11.9 Å². The predicted molar refractivity (Wildman–Crippen MR) is 132 cm³/mol. The second-order valence-corrected chi connectivity index (χ2v) is 10.9. The van der Waals surface area contributed by atoms with Crippen LogP contribution >= 0.6 is 39.1 Å². The molecule has 0 aromatic heterocycles. The first kappa shape index (κ1) is 26.4. The summed E-state index contributed by atoms with van der Waals surface area (Å²) >= 11 is 15.6. The molecule has 0 saturated carbocycles. The van der Waals surface area contributed by atoms with E-state index >= 15 is 0 Å². The zero-order valence-corrected chi connectivity index (χ0v) is 21.9. The molecule has 1 atom stereocenters. The van der Waals surface area contributed by atoms with Crippen LogP contribution in [0.25, 0.3) is 0 Å². The zero-order valence-electron chi connectivity index (χ0n) is 18.0. The number of likely N-dealkylation sites (N-methyl/N-ethyl adjacent to an activating group) is 1. The Balaban J connectivity index is 2.43. The van der Waals surface area contributed by atoms with Gasteiger partial charge in [-0.2, -0.15) is 0 Å². The first-order chi connectivity index (χ1) is 14.8. The van der Waals surface area contributed by atoms with Gasteiger partial charge >= 0.3 is 0 Å². The minimum absolute atomic E-state index is 0.000387. The van der Waals surface area contributed by atoms with Crippen LogP contribution < -0.4 is 9.62 Å². The molecule has 2 rings (SSSR count). The predicted octanol–water partition coefficient (Wildman–Crippen LogP) is 3.99.